The van der Waals surface area contributed by atoms with Gasteiger partial charge in [-0.15, -0.1) is 0 Å². The molecule has 0 spiro atoms. The summed E-state index contributed by atoms with van der Waals surface area (Å²) in [5, 5.41) is 2.59. The van der Waals surface area contributed by atoms with Crippen LogP contribution in [0.4, 0.5) is 0 Å². The second kappa shape index (κ2) is 6.12. The number of fused-ring (bicyclic) bond motifs is 1. The van der Waals surface area contributed by atoms with E-state index in [0.29, 0.717) is 0 Å². The Balaban J connectivity index is 2.29. The Morgan fingerprint density at radius 2 is 0.955 bits per heavy atom. The van der Waals surface area contributed by atoms with Crippen molar-refractivity contribution >= 4 is 22.9 Å². The Morgan fingerprint density at radius 1 is 0.591 bits per heavy atom. The highest BCUT2D eigenvalue weighted by atomic mass is 14.1. The summed E-state index contributed by atoms with van der Waals surface area (Å²) in [5.41, 5.74) is 2.97. The van der Waals surface area contributed by atoms with E-state index in [4.69, 9.17) is 0 Å². The molecule has 2 aromatic rings. The van der Waals surface area contributed by atoms with Crippen molar-refractivity contribution in [3.8, 4) is 0 Å². The predicted octanol–water partition coefficient (Wildman–Crippen LogP) is 6.96. The lowest BCUT2D eigenvalue weighted by Gasteiger charge is -2.12. The third kappa shape index (κ3) is 5.18. The highest BCUT2D eigenvalue weighted by molar-refractivity contribution is 5.86. The Kier molecular flexibility index (Phi) is 4.60. The number of benzene rings is 2. The minimum atomic E-state index is 0.219. The van der Waals surface area contributed by atoms with Crippen LogP contribution >= 0.6 is 0 Å². The first-order valence-corrected chi connectivity index (χ1v) is 8.05. The zero-order valence-corrected chi connectivity index (χ0v) is 14.8. The molecule has 0 saturated heterocycles. The fraction of sp³-hybridized carbons (Fsp3) is 0.364. The standard InChI is InChI=1S/C22H28/c1-21(2,3)13-11-17-7-9-20-16-18(8-10-19(20)15-17)12-14-22(4,5)6/h7-16H,1-6H3/b13-11-,14-12?. The molecule has 0 aliphatic rings. The van der Waals surface area contributed by atoms with Gasteiger partial charge >= 0.3 is 0 Å². The van der Waals surface area contributed by atoms with Gasteiger partial charge in [-0.1, -0.05) is 90.1 Å². The third-order valence-corrected chi connectivity index (χ3v) is 3.44. The maximum Gasteiger partial charge on any atom is -0.0178 e. The van der Waals surface area contributed by atoms with Crippen LogP contribution in [-0.4, -0.2) is 0 Å². The SMILES string of the molecule is CC(C)(C)C=Cc1ccc2cc(/C=C\C(C)(C)C)ccc2c1. The average molecular weight is 292 g/mol. The molecule has 0 aromatic heterocycles. The van der Waals surface area contributed by atoms with Crippen molar-refractivity contribution in [2.24, 2.45) is 10.8 Å². The molecule has 0 N–H and O–H groups in total. The Labute approximate surface area is 135 Å². The lowest BCUT2D eigenvalue weighted by molar-refractivity contribution is 0.547. The highest BCUT2D eigenvalue weighted by Gasteiger charge is 2.05. The summed E-state index contributed by atoms with van der Waals surface area (Å²) in [6.45, 7) is 13.3. The summed E-state index contributed by atoms with van der Waals surface area (Å²) in [6, 6.07) is 13.3. The molecule has 0 amide bonds. The van der Waals surface area contributed by atoms with Gasteiger partial charge in [0.2, 0.25) is 0 Å². The van der Waals surface area contributed by atoms with Crippen LogP contribution in [0.2, 0.25) is 0 Å². The molecule has 0 aliphatic carbocycles. The first kappa shape index (κ1) is 16.5. The zero-order valence-electron chi connectivity index (χ0n) is 14.8. The minimum absolute atomic E-state index is 0.219. The summed E-state index contributed by atoms with van der Waals surface area (Å²) in [6.07, 6.45) is 8.95. The van der Waals surface area contributed by atoms with Gasteiger partial charge in [-0.25, -0.2) is 0 Å². The van der Waals surface area contributed by atoms with Crippen LogP contribution in [0.3, 0.4) is 0 Å². The number of allylic oxidation sites excluding steroid dienone is 2. The van der Waals surface area contributed by atoms with Crippen molar-refractivity contribution in [1.82, 2.24) is 0 Å². The van der Waals surface area contributed by atoms with Gasteiger partial charge in [-0.05, 0) is 44.9 Å². The van der Waals surface area contributed by atoms with Crippen molar-refractivity contribution in [2.45, 2.75) is 41.5 Å². The van der Waals surface area contributed by atoms with E-state index in [9.17, 15) is 0 Å². The smallest absolute Gasteiger partial charge is 0.0178 e. The quantitative estimate of drug-likeness (QED) is 0.561. The molecule has 0 nitrogen and oxygen atoms in total. The third-order valence-electron chi connectivity index (χ3n) is 3.44. The van der Waals surface area contributed by atoms with Gasteiger partial charge in [0.1, 0.15) is 0 Å². The predicted molar refractivity (Wildman–Crippen MR) is 101 cm³/mol. The molecule has 0 aliphatic heterocycles. The van der Waals surface area contributed by atoms with E-state index in [1.165, 1.54) is 21.9 Å². The molecule has 0 bridgehead atoms. The van der Waals surface area contributed by atoms with Crippen molar-refractivity contribution in [3.63, 3.8) is 0 Å². The summed E-state index contributed by atoms with van der Waals surface area (Å²) >= 11 is 0. The molecule has 0 fully saturated rings. The van der Waals surface area contributed by atoms with Crippen LogP contribution in [-0.2, 0) is 0 Å². The molecule has 0 atom stereocenters. The van der Waals surface area contributed by atoms with E-state index < -0.39 is 0 Å². The minimum Gasteiger partial charge on any atom is -0.0785 e. The highest BCUT2D eigenvalue weighted by Crippen LogP contribution is 2.23. The summed E-state index contributed by atoms with van der Waals surface area (Å²) in [5.74, 6) is 0. The number of hydrogen-bond donors (Lipinski definition) is 0. The molecular formula is C22H28. The average Bonchev–Trinajstić information content (AvgIpc) is 2.41. The lowest BCUT2D eigenvalue weighted by atomic mass is 9.94. The van der Waals surface area contributed by atoms with E-state index in [2.05, 4.69) is 102 Å². The summed E-state index contributed by atoms with van der Waals surface area (Å²) < 4.78 is 0. The van der Waals surface area contributed by atoms with Gasteiger partial charge in [0.15, 0.2) is 0 Å². The lowest BCUT2D eigenvalue weighted by Crippen LogP contribution is -1.98. The van der Waals surface area contributed by atoms with E-state index in [1.54, 1.807) is 0 Å². The number of rotatable bonds is 2. The molecule has 116 valence electrons. The van der Waals surface area contributed by atoms with Gasteiger partial charge in [-0.2, -0.15) is 0 Å². The maximum atomic E-state index is 2.26. The van der Waals surface area contributed by atoms with Crippen LogP contribution in [0.25, 0.3) is 22.9 Å². The first-order valence-electron chi connectivity index (χ1n) is 8.05. The Hall–Kier alpha value is -1.82. The second-order valence-electron chi connectivity index (χ2n) is 8.26. The number of hydrogen-bond acceptors (Lipinski definition) is 0. The molecule has 0 unspecified atom stereocenters. The van der Waals surface area contributed by atoms with Gasteiger partial charge in [-0.3, -0.25) is 0 Å². The van der Waals surface area contributed by atoms with Crippen molar-refractivity contribution in [3.05, 3.63) is 59.7 Å². The van der Waals surface area contributed by atoms with Gasteiger partial charge in [0.05, 0.1) is 0 Å². The van der Waals surface area contributed by atoms with Crippen LogP contribution < -0.4 is 0 Å². The largest absolute Gasteiger partial charge is 0.0785 e. The summed E-state index contributed by atoms with van der Waals surface area (Å²) in [7, 11) is 0. The molecule has 0 radical (unpaired) electrons. The molecule has 0 heteroatoms. The van der Waals surface area contributed by atoms with E-state index in [1.807, 2.05) is 0 Å². The van der Waals surface area contributed by atoms with E-state index in [0.717, 1.165) is 0 Å². The Bertz CT molecular complexity index is 638. The molecule has 0 saturated carbocycles. The van der Waals surface area contributed by atoms with E-state index in [-0.39, 0.29) is 10.8 Å². The molecule has 2 aromatic carbocycles. The van der Waals surface area contributed by atoms with Gasteiger partial charge in [0, 0.05) is 0 Å². The van der Waals surface area contributed by atoms with Crippen LogP contribution in [0.1, 0.15) is 52.7 Å². The monoisotopic (exact) mass is 292 g/mol. The van der Waals surface area contributed by atoms with E-state index >= 15 is 0 Å². The maximum absolute atomic E-state index is 2.26. The zero-order chi connectivity index (χ0) is 16.4. The topological polar surface area (TPSA) is 0 Å². The van der Waals surface area contributed by atoms with Crippen LogP contribution in [0.5, 0.6) is 0 Å². The fourth-order valence-corrected chi connectivity index (χ4v) is 2.18. The fourth-order valence-electron chi connectivity index (χ4n) is 2.18. The van der Waals surface area contributed by atoms with Crippen molar-refractivity contribution in [1.29, 1.82) is 0 Å². The van der Waals surface area contributed by atoms with Crippen molar-refractivity contribution in [2.75, 3.05) is 0 Å². The van der Waals surface area contributed by atoms with Gasteiger partial charge < -0.3 is 0 Å². The van der Waals surface area contributed by atoms with Crippen molar-refractivity contribution < 1.29 is 0 Å². The normalized spacial score (nSPS) is 13.5. The van der Waals surface area contributed by atoms with Crippen LogP contribution in [0.15, 0.2) is 48.6 Å². The van der Waals surface area contributed by atoms with Crippen LogP contribution in [0, 0.1) is 10.8 Å². The molecular weight excluding hydrogens is 264 g/mol. The molecule has 22 heavy (non-hydrogen) atoms. The second-order valence-corrected chi connectivity index (χ2v) is 8.26. The first-order chi connectivity index (χ1) is 10.1. The molecule has 2 rings (SSSR count). The summed E-state index contributed by atoms with van der Waals surface area (Å²) in [4.78, 5) is 0. The van der Waals surface area contributed by atoms with Gasteiger partial charge in [0.25, 0.3) is 0 Å². The Morgan fingerprint density at radius 3 is 1.27 bits per heavy atom. The molecule has 0 heterocycles.